The van der Waals surface area contributed by atoms with E-state index in [1.165, 1.54) is 6.07 Å². The molecule has 0 saturated carbocycles. The minimum Gasteiger partial charge on any atom is -0.328 e. The zero-order chi connectivity index (χ0) is 8.10. The van der Waals surface area contributed by atoms with Crippen molar-refractivity contribution in [2.24, 2.45) is 0 Å². The topological polar surface area (TPSA) is 32.9 Å². The van der Waals surface area contributed by atoms with Crippen molar-refractivity contribution in [1.29, 1.82) is 0 Å². The minimum atomic E-state index is -0.0621. The number of aromatic nitrogens is 1. The van der Waals surface area contributed by atoms with Gasteiger partial charge in [0.2, 0.25) is 5.56 Å². The molecule has 0 aromatic carbocycles. The maximum absolute atomic E-state index is 10.6. The molecule has 0 amide bonds. The van der Waals surface area contributed by atoms with Gasteiger partial charge >= 0.3 is 0 Å². The van der Waals surface area contributed by atoms with Crippen LogP contribution in [0.5, 0.6) is 0 Å². The second-order valence-corrected chi connectivity index (χ2v) is 3.08. The molecular formula is C8H9NOS. The fourth-order valence-corrected chi connectivity index (χ4v) is 1.26. The molecule has 0 bridgehead atoms. The summed E-state index contributed by atoms with van der Waals surface area (Å²) in [6.07, 6.45) is 3.53. The summed E-state index contributed by atoms with van der Waals surface area (Å²) in [5, 5.41) is 0. The van der Waals surface area contributed by atoms with Gasteiger partial charge in [-0.25, -0.2) is 0 Å². The van der Waals surface area contributed by atoms with Crippen LogP contribution in [-0.2, 0) is 0 Å². The molecule has 0 radical (unpaired) electrons. The molecule has 11 heavy (non-hydrogen) atoms. The SMILES string of the molecule is C=CCSc1ccc(=O)[nH]c1. The minimum absolute atomic E-state index is 0.0621. The predicted molar refractivity (Wildman–Crippen MR) is 48.0 cm³/mol. The number of nitrogens with one attached hydrogen (secondary N) is 1. The molecule has 0 aliphatic heterocycles. The average molecular weight is 167 g/mol. The van der Waals surface area contributed by atoms with E-state index in [9.17, 15) is 4.79 Å². The lowest BCUT2D eigenvalue weighted by Crippen LogP contribution is -2.00. The first kappa shape index (κ1) is 8.14. The van der Waals surface area contributed by atoms with Gasteiger partial charge in [0.1, 0.15) is 0 Å². The molecule has 1 N–H and O–H groups in total. The smallest absolute Gasteiger partial charge is 0.247 e. The molecule has 1 aromatic rings. The molecule has 0 fully saturated rings. The van der Waals surface area contributed by atoms with Gasteiger partial charge < -0.3 is 4.98 Å². The summed E-state index contributed by atoms with van der Waals surface area (Å²) in [4.78, 5) is 14.3. The van der Waals surface area contributed by atoms with Gasteiger partial charge in [0.05, 0.1) is 0 Å². The summed E-state index contributed by atoms with van der Waals surface area (Å²) < 4.78 is 0. The Morgan fingerprint density at radius 1 is 1.64 bits per heavy atom. The van der Waals surface area contributed by atoms with Gasteiger partial charge in [-0.05, 0) is 6.07 Å². The van der Waals surface area contributed by atoms with E-state index in [4.69, 9.17) is 0 Å². The van der Waals surface area contributed by atoms with Crippen LogP contribution >= 0.6 is 11.8 Å². The molecule has 3 heteroatoms. The van der Waals surface area contributed by atoms with E-state index in [0.717, 1.165) is 10.6 Å². The van der Waals surface area contributed by atoms with E-state index < -0.39 is 0 Å². The summed E-state index contributed by atoms with van der Waals surface area (Å²) in [5.41, 5.74) is -0.0621. The van der Waals surface area contributed by atoms with Gasteiger partial charge in [0.25, 0.3) is 0 Å². The van der Waals surface area contributed by atoms with Crippen LogP contribution < -0.4 is 5.56 Å². The number of aromatic amines is 1. The third-order valence-corrected chi connectivity index (χ3v) is 2.11. The van der Waals surface area contributed by atoms with E-state index in [-0.39, 0.29) is 5.56 Å². The third kappa shape index (κ3) is 2.63. The highest BCUT2D eigenvalue weighted by Crippen LogP contribution is 2.13. The largest absolute Gasteiger partial charge is 0.328 e. The van der Waals surface area contributed by atoms with E-state index >= 15 is 0 Å². The van der Waals surface area contributed by atoms with Crippen LogP contribution in [0.4, 0.5) is 0 Å². The van der Waals surface area contributed by atoms with Crippen LogP contribution in [0.15, 0.2) is 40.7 Å². The molecule has 2 nitrogen and oxygen atoms in total. The Morgan fingerprint density at radius 3 is 3.00 bits per heavy atom. The van der Waals surface area contributed by atoms with Gasteiger partial charge in [-0.15, -0.1) is 18.3 Å². The highest BCUT2D eigenvalue weighted by atomic mass is 32.2. The zero-order valence-electron chi connectivity index (χ0n) is 6.04. The molecule has 0 aliphatic carbocycles. The van der Waals surface area contributed by atoms with Crippen molar-refractivity contribution in [3.63, 3.8) is 0 Å². The predicted octanol–water partition coefficient (Wildman–Crippen LogP) is 1.65. The zero-order valence-corrected chi connectivity index (χ0v) is 6.86. The Labute approximate surface area is 69.3 Å². The van der Waals surface area contributed by atoms with E-state index in [2.05, 4.69) is 11.6 Å². The van der Waals surface area contributed by atoms with Crippen LogP contribution in [0.2, 0.25) is 0 Å². The highest BCUT2D eigenvalue weighted by molar-refractivity contribution is 7.99. The molecule has 0 atom stereocenters. The number of thioether (sulfide) groups is 1. The first-order valence-corrected chi connectivity index (χ1v) is 4.24. The van der Waals surface area contributed by atoms with Crippen molar-refractivity contribution in [3.05, 3.63) is 41.3 Å². The number of rotatable bonds is 3. The maximum Gasteiger partial charge on any atom is 0.247 e. The summed E-state index contributed by atoms with van der Waals surface area (Å²) in [7, 11) is 0. The number of H-pyrrole nitrogens is 1. The van der Waals surface area contributed by atoms with Crippen molar-refractivity contribution in [3.8, 4) is 0 Å². The van der Waals surface area contributed by atoms with Crippen molar-refractivity contribution in [2.75, 3.05) is 5.75 Å². The van der Waals surface area contributed by atoms with Crippen LogP contribution in [0.3, 0.4) is 0 Å². The normalized spacial score (nSPS) is 9.45. The molecule has 0 spiro atoms. The lowest BCUT2D eigenvalue weighted by atomic mass is 10.5. The molecule has 1 rings (SSSR count). The molecule has 0 aliphatic rings. The lowest BCUT2D eigenvalue weighted by Gasteiger charge is -1.94. The molecule has 58 valence electrons. The summed E-state index contributed by atoms with van der Waals surface area (Å²) in [5.74, 6) is 0.867. The summed E-state index contributed by atoms with van der Waals surface area (Å²) in [6.45, 7) is 3.60. The molecular weight excluding hydrogens is 158 g/mol. The van der Waals surface area contributed by atoms with Gasteiger partial charge in [0, 0.05) is 22.9 Å². The number of hydrogen-bond acceptors (Lipinski definition) is 2. The molecule has 1 aromatic heterocycles. The van der Waals surface area contributed by atoms with E-state index in [1.54, 1.807) is 24.0 Å². The number of pyridine rings is 1. The first-order valence-electron chi connectivity index (χ1n) is 3.25. The van der Waals surface area contributed by atoms with Crippen LogP contribution in [0.1, 0.15) is 0 Å². The van der Waals surface area contributed by atoms with Gasteiger partial charge in [0.15, 0.2) is 0 Å². The quantitative estimate of drug-likeness (QED) is 0.548. The Kier molecular flexibility index (Phi) is 2.98. The standard InChI is InChI=1S/C8H9NOS/c1-2-5-11-7-3-4-8(10)9-6-7/h2-4,6H,1,5H2,(H,9,10). The average Bonchev–Trinajstić information content (AvgIpc) is 2.04. The van der Waals surface area contributed by atoms with E-state index in [1.807, 2.05) is 6.08 Å². The highest BCUT2D eigenvalue weighted by Gasteiger charge is 1.89. The van der Waals surface area contributed by atoms with Crippen molar-refractivity contribution in [2.45, 2.75) is 4.90 Å². The molecule has 0 unspecified atom stereocenters. The van der Waals surface area contributed by atoms with E-state index in [0.29, 0.717) is 0 Å². The molecule has 1 heterocycles. The fourth-order valence-electron chi connectivity index (χ4n) is 0.641. The second-order valence-electron chi connectivity index (χ2n) is 1.99. The Bertz CT molecular complexity index is 272. The van der Waals surface area contributed by atoms with Crippen molar-refractivity contribution in [1.82, 2.24) is 4.98 Å². The van der Waals surface area contributed by atoms with Gasteiger partial charge in [-0.2, -0.15) is 0 Å². The lowest BCUT2D eigenvalue weighted by molar-refractivity contribution is 1.17. The Morgan fingerprint density at radius 2 is 2.45 bits per heavy atom. The Hall–Kier alpha value is -0.960. The van der Waals surface area contributed by atoms with Gasteiger partial charge in [-0.1, -0.05) is 6.08 Å². The third-order valence-electron chi connectivity index (χ3n) is 1.12. The van der Waals surface area contributed by atoms with Crippen LogP contribution in [-0.4, -0.2) is 10.7 Å². The van der Waals surface area contributed by atoms with Crippen LogP contribution in [0.25, 0.3) is 0 Å². The van der Waals surface area contributed by atoms with Crippen LogP contribution in [0, 0.1) is 0 Å². The second kappa shape index (κ2) is 4.03. The summed E-state index contributed by atoms with van der Waals surface area (Å²) in [6, 6.07) is 3.32. The van der Waals surface area contributed by atoms with Crippen molar-refractivity contribution >= 4 is 11.8 Å². The summed E-state index contributed by atoms with van der Waals surface area (Å²) >= 11 is 1.64. The fraction of sp³-hybridized carbons (Fsp3) is 0.125. The Balaban J connectivity index is 2.66. The maximum atomic E-state index is 10.6. The molecule has 0 saturated heterocycles. The first-order chi connectivity index (χ1) is 5.33. The van der Waals surface area contributed by atoms with Gasteiger partial charge in [-0.3, -0.25) is 4.79 Å². The number of hydrogen-bond donors (Lipinski definition) is 1. The monoisotopic (exact) mass is 167 g/mol. The van der Waals surface area contributed by atoms with Crippen molar-refractivity contribution < 1.29 is 0 Å².